The molecule has 0 bridgehead atoms. The van der Waals surface area contributed by atoms with E-state index in [9.17, 15) is 4.79 Å². The van der Waals surface area contributed by atoms with E-state index in [0.717, 1.165) is 18.3 Å². The van der Waals surface area contributed by atoms with Gasteiger partial charge in [-0.05, 0) is 36.5 Å². The normalized spacial score (nSPS) is 43.4. The van der Waals surface area contributed by atoms with E-state index in [1.165, 1.54) is 25.7 Å². The Labute approximate surface area is 100.0 Å². The summed E-state index contributed by atoms with van der Waals surface area (Å²) in [4.78, 5) is 12.4. The Morgan fingerprint density at radius 1 is 1.19 bits per heavy atom. The summed E-state index contributed by atoms with van der Waals surface area (Å²) in [6.07, 6.45) is 6.52. The van der Waals surface area contributed by atoms with Crippen molar-refractivity contribution in [1.82, 2.24) is 0 Å². The predicted molar refractivity (Wildman–Crippen MR) is 67.2 cm³/mol. The minimum atomic E-state index is 0.217. The summed E-state index contributed by atoms with van der Waals surface area (Å²) in [5.74, 6) is 2.66. The number of hydrogen-bond donors (Lipinski definition) is 0. The van der Waals surface area contributed by atoms with Gasteiger partial charge in [0.05, 0.1) is 0 Å². The fraction of sp³-hybridized carbons (Fsp3) is 0.933. The van der Waals surface area contributed by atoms with Crippen LogP contribution in [0.1, 0.15) is 59.8 Å². The molecule has 2 saturated carbocycles. The van der Waals surface area contributed by atoms with Crippen molar-refractivity contribution in [2.75, 3.05) is 0 Å². The number of ketones is 1. The monoisotopic (exact) mass is 222 g/mol. The third kappa shape index (κ3) is 1.63. The van der Waals surface area contributed by atoms with Crippen molar-refractivity contribution in [3.8, 4) is 0 Å². The minimum absolute atomic E-state index is 0.217. The first-order chi connectivity index (χ1) is 7.48. The molecule has 2 aliphatic rings. The van der Waals surface area contributed by atoms with Crippen LogP contribution in [-0.4, -0.2) is 5.78 Å². The highest BCUT2D eigenvalue weighted by Crippen LogP contribution is 2.58. The zero-order chi connectivity index (χ0) is 11.9. The van der Waals surface area contributed by atoms with Crippen molar-refractivity contribution in [1.29, 1.82) is 0 Å². The molecule has 0 spiro atoms. The van der Waals surface area contributed by atoms with Crippen LogP contribution in [0.15, 0.2) is 0 Å². The van der Waals surface area contributed by atoms with E-state index in [1.54, 1.807) is 0 Å². The Morgan fingerprint density at radius 3 is 2.50 bits per heavy atom. The first-order valence-electron chi connectivity index (χ1n) is 7.01. The van der Waals surface area contributed by atoms with Crippen molar-refractivity contribution in [3.63, 3.8) is 0 Å². The molecular formula is C15H26O. The SMILES string of the molecule is CC(C)C(=O)[C@H]1CC[C@H]2CCC[C@H](C)[C@@]21C. The second-order valence-corrected chi connectivity index (χ2v) is 6.58. The molecule has 0 radical (unpaired) electrons. The highest BCUT2D eigenvalue weighted by atomic mass is 16.1. The number of rotatable bonds is 2. The van der Waals surface area contributed by atoms with E-state index in [2.05, 4.69) is 27.7 Å². The van der Waals surface area contributed by atoms with Gasteiger partial charge in [-0.1, -0.05) is 40.5 Å². The van der Waals surface area contributed by atoms with Gasteiger partial charge in [0.2, 0.25) is 0 Å². The highest BCUT2D eigenvalue weighted by molar-refractivity contribution is 5.84. The molecule has 0 amide bonds. The van der Waals surface area contributed by atoms with Crippen LogP contribution in [0, 0.1) is 29.1 Å². The van der Waals surface area contributed by atoms with Crippen LogP contribution < -0.4 is 0 Å². The van der Waals surface area contributed by atoms with Gasteiger partial charge in [0.25, 0.3) is 0 Å². The van der Waals surface area contributed by atoms with Crippen LogP contribution in [-0.2, 0) is 4.79 Å². The second-order valence-electron chi connectivity index (χ2n) is 6.58. The number of carbonyl (C=O) groups excluding carboxylic acids is 1. The molecule has 2 rings (SSSR count). The Hall–Kier alpha value is -0.330. The lowest BCUT2D eigenvalue weighted by atomic mass is 9.58. The highest BCUT2D eigenvalue weighted by Gasteiger charge is 2.53. The molecule has 1 heteroatoms. The number of fused-ring (bicyclic) bond motifs is 1. The summed E-state index contributed by atoms with van der Waals surface area (Å²) in [5, 5.41) is 0. The van der Waals surface area contributed by atoms with E-state index < -0.39 is 0 Å². The third-order valence-electron chi connectivity index (χ3n) is 5.60. The standard InChI is InChI=1S/C15H26O/c1-10(2)14(16)13-9-8-12-7-5-6-11(3)15(12,13)4/h10-13H,5-9H2,1-4H3/t11-,12+,13+,15-/m0/s1. The largest absolute Gasteiger partial charge is 0.299 e. The van der Waals surface area contributed by atoms with Crippen LogP contribution in [0.3, 0.4) is 0 Å². The first kappa shape index (κ1) is 12.1. The van der Waals surface area contributed by atoms with Gasteiger partial charge in [-0.15, -0.1) is 0 Å². The average molecular weight is 222 g/mol. The van der Waals surface area contributed by atoms with Crippen molar-refractivity contribution in [2.24, 2.45) is 29.1 Å². The number of Topliss-reactive ketones (excluding diaryl/α,β-unsaturated/α-hetero) is 1. The van der Waals surface area contributed by atoms with E-state index in [0.29, 0.717) is 17.1 Å². The van der Waals surface area contributed by atoms with Gasteiger partial charge >= 0.3 is 0 Å². The van der Waals surface area contributed by atoms with Crippen LogP contribution >= 0.6 is 0 Å². The zero-order valence-electron chi connectivity index (χ0n) is 11.3. The van der Waals surface area contributed by atoms with Gasteiger partial charge in [-0.3, -0.25) is 4.79 Å². The molecule has 0 N–H and O–H groups in total. The summed E-state index contributed by atoms with van der Waals surface area (Å²) in [6, 6.07) is 0. The van der Waals surface area contributed by atoms with Gasteiger partial charge in [0.15, 0.2) is 0 Å². The maximum atomic E-state index is 12.4. The van der Waals surface area contributed by atoms with Gasteiger partial charge in [0, 0.05) is 11.8 Å². The molecular weight excluding hydrogens is 196 g/mol. The fourth-order valence-corrected chi connectivity index (χ4v) is 4.31. The fourth-order valence-electron chi connectivity index (χ4n) is 4.31. The van der Waals surface area contributed by atoms with Gasteiger partial charge in [0.1, 0.15) is 5.78 Å². The zero-order valence-corrected chi connectivity index (χ0v) is 11.3. The predicted octanol–water partition coefficient (Wildman–Crippen LogP) is 4.06. The molecule has 0 aliphatic heterocycles. The van der Waals surface area contributed by atoms with E-state index >= 15 is 0 Å². The third-order valence-corrected chi connectivity index (χ3v) is 5.60. The van der Waals surface area contributed by atoms with E-state index in [4.69, 9.17) is 0 Å². The van der Waals surface area contributed by atoms with Crippen LogP contribution in [0.2, 0.25) is 0 Å². The first-order valence-corrected chi connectivity index (χ1v) is 7.01. The van der Waals surface area contributed by atoms with Crippen LogP contribution in [0.25, 0.3) is 0 Å². The van der Waals surface area contributed by atoms with Gasteiger partial charge in [-0.2, -0.15) is 0 Å². The quantitative estimate of drug-likeness (QED) is 0.688. The Kier molecular flexibility index (Phi) is 3.16. The molecule has 4 atom stereocenters. The average Bonchev–Trinajstić information content (AvgIpc) is 2.57. The van der Waals surface area contributed by atoms with E-state index in [1.807, 2.05) is 0 Å². The van der Waals surface area contributed by atoms with Crippen molar-refractivity contribution < 1.29 is 4.79 Å². The molecule has 0 heterocycles. The molecule has 0 aromatic rings. The summed E-state index contributed by atoms with van der Waals surface area (Å²) < 4.78 is 0. The lowest BCUT2D eigenvalue weighted by Gasteiger charge is -2.45. The molecule has 0 aromatic heterocycles. The summed E-state index contributed by atoms with van der Waals surface area (Å²) in [5.41, 5.74) is 0.319. The maximum absolute atomic E-state index is 12.4. The summed E-state index contributed by atoms with van der Waals surface area (Å²) >= 11 is 0. The van der Waals surface area contributed by atoms with Gasteiger partial charge in [-0.25, -0.2) is 0 Å². The van der Waals surface area contributed by atoms with Crippen molar-refractivity contribution in [3.05, 3.63) is 0 Å². The van der Waals surface area contributed by atoms with Gasteiger partial charge < -0.3 is 0 Å². The van der Waals surface area contributed by atoms with Crippen molar-refractivity contribution in [2.45, 2.75) is 59.8 Å². The molecule has 0 saturated heterocycles. The maximum Gasteiger partial charge on any atom is 0.139 e. The summed E-state index contributed by atoms with van der Waals surface area (Å²) in [7, 11) is 0. The number of carbonyl (C=O) groups is 1. The Balaban J connectivity index is 2.25. The second kappa shape index (κ2) is 4.16. The lowest BCUT2D eigenvalue weighted by Crippen LogP contribution is -2.42. The molecule has 0 unspecified atom stereocenters. The lowest BCUT2D eigenvalue weighted by molar-refractivity contribution is -0.132. The Morgan fingerprint density at radius 2 is 1.88 bits per heavy atom. The molecule has 0 aromatic carbocycles. The van der Waals surface area contributed by atoms with Crippen molar-refractivity contribution >= 4 is 5.78 Å². The van der Waals surface area contributed by atoms with Crippen LogP contribution in [0.4, 0.5) is 0 Å². The minimum Gasteiger partial charge on any atom is -0.299 e. The summed E-state index contributed by atoms with van der Waals surface area (Å²) in [6.45, 7) is 8.90. The smallest absolute Gasteiger partial charge is 0.139 e. The molecule has 2 fully saturated rings. The van der Waals surface area contributed by atoms with E-state index in [-0.39, 0.29) is 5.92 Å². The topological polar surface area (TPSA) is 17.1 Å². The molecule has 1 nitrogen and oxygen atoms in total. The Bertz CT molecular complexity index is 281. The molecule has 16 heavy (non-hydrogen) atoms. The number of hydrogen-bond acceptors (Lipinski definition) is 1. The van der Waals surface area contributed by atoms with Crippen LogP contribution in [0.5, 0.6) is 0 Å². The molecule has 92 valence electrons. The molecule has 2 aliphatic carbocycles.